The molecule has 0 fully saturated rings. The Morgan fingerprint density at radius 1 is 1.26 bits per heavy atom. The molecule has 0 atom stereocenters. The summed E-state index contributed by atoms with van der Waals surface area (Å²) in [6.07, 6.45) is 4.85. The molecule has 1 aliphatic carbocycles. The average Bonchev–Trinajstić information content (AvgIpc) is 3.53. The van der Waals surface area contributed by atoms with E-state index in [9.17, 15) is 9.59 Å². The number of benzene rings is 1. The highest BCUT2D eigenvalue weighted by Crippen LogP contribution is 2.39. The van der Waals surface area contributed by atoms with Crippen LogP contribution in [0.2, 0.25) is 0 Å². The van der Waals surface area contributed by atoms with E-state index in [0.29, 0.717) is 33.8 Å². The molecule has 4 rings (SSSR count). The van der Waals surface area contributed by atoms with Crippen molar-refractivity contribution in [2.24, 2.45) is 0 Å². The maximum Gasteiger partial charge on any atom is 0.341 e. The number of esters is 1. The van der Waals surface area contributed by atoms with E-state index in [0.717, 1.165) is 35.5 Å². The van der Waals surface area contributed by atoms with Crippen molar-refractivity contribution in [3.63, 3.8) is 0 Å². The molecule has 0 unspecified atom stereocenters. The second-order valence-corrected chi connectivity index (χ2v) is 9.77. The maximum atomic E-state index is 12.6. The second-order valence-electron chi connectivity index (χ2n) is 7.60. The van der Waals surface area contributed by atoms with Gasteiger partial charge in [0.15, 0.2) is 11.0 Å². The monoisotopic (exact) mass is 498 g/mol. The number of aryl methyl sites for hydroxylation is 1. The van der Waals surface area contributed by atoms with Crippen molar-refractivity contribution in [3.05, 3.63) is 64.8 Å². The first kappa shape index (κ1) is 24.0. The molecule has 1 amide bonds. The van der Waals surface area contributed by atoms with Gasteiger partial charge in [-0.2, -0.15) is 0 Å². The number of thioether (sulfide) groups is 1. The highest BCUT2D eigenvalue weighted by Gasteiger charge is 2.28. The SMILES string of the molecule is C=CCn1c(COc2ccccc2)nnc1SCCC(=O)Nc1sc2c(c1C(=O)OC)CCC2. The zero-order chi connectivity index (χ0) is 23.9. The molecule has 2 aromatic heterocycles. The molecule has 0 saturated heterocycles. The molecule has 178 valence electrons. The van der Waals surface area contributed by atoms with Crippen molar-refractivity contribution in [1.29, 1.82) is 0 Å². The Hall–Kier alpha value is -3.11. The number of carbonyl (C=O) groups is 2. The van der Waals surface area contributed by atoms with Crippen LogP contribution in [0.3, 0.4) is 0 Å². The molecule has 1 aliphatic rings. The van der Waals surface area contributed by atoms with Crippen LogP contribution < -0.4 is 10.1 Å². The van der Waals surface area contributed by atoms with Gasteiger partial charge in [0.2, 0.25) is 5.91 Å². The van der Waals surface area contributed by atoms with E-state index in [-0.39, 0.29) is 18.9 Å². The number of aromatic nitrogens is 3. The summed E-state index contributed by atoms with van der Waals surface area (Å²) in [6, 6.07) is 9.52. The molecule has 8 nitrogen and oxygen atoms in total. The van der Waals surface area contributed by atoms with Crippen LogP contribution in [0.15, 0.2) is 48.1 Å². The van der Waals surface area contributed by atoms with Gasteiger partial charge >= 0.3 is 5.97 Å². The fourth-order valence-electron chi connectivity index (χ4n) is 3.74. The zero-order valence-electron chi connectivity index (χ0n) is 18.9. The third kappa shape index (κ3) is 5.51. The van der Waals surface area contributed by atoms with Gasteiger partial charge < -0.3 is 14.8 Å². The molecule has 0 radical (unpaired) electrons. The summed E-state index contributed by atoms with van der Waals surface area (Å²) < 4.78 is 12.7. The van der Waals surface area contributed by atoms with Crippen LogP contribution in [-0.2, 0) is 35.5 Å². The summed E-state index contributed by atoms with van der Waals surface area (Å²) in [4.78, 5) is 26.1. The Morgan fingerprint density at radius 3 is 2.85 bits per heavy atom. The zero-order valence-corrected chi connectivity index (χ0v) is 20.5. The van der Waals surface area contributed by atoms with Crippen molar-refractivity contribution >= 4 is 40.0 Å². The van der Waals surface area contributed by atoms with Gasteiger partial charge in [-0.3, -0.25) is 9.36 Å². The number of allylic oxidation sites excluding steroid dienone is 1. The Bertz CT molecular complexity index is 1170. The number of anilines is 1. The molecule has 10 heteroatoms. The van der Waals surface area contributed by atoms with Crippen LogP contribution in [0.4, 0.5) is 5.00 Å². The number of carbonyl (C=O) groups excluding carboxylic acids is 2. The number of ether oxygens (including phenoxy) is 2. The first-order chi connectivity index (χ1) is 16.6. The lowest BCUT2D eigenvalue weighted by molar-refractivity contribution is -0.115. The van der Waals surface area contributed by atoms with Crippen molar-refractivity contribution in [1.82, 2.24) is 14.8 Å². The smallest absolute Gasteiger partial charge is 0.341 e. The summed E-state index contributed by atoms with van der Waals surface area (Å²) in [7, 11) is 1.36. The molecule has 1 N–H and O–H groups in total. The fourth-order valence-corrected chi connectivity index (χ4v) is 5.94. The highest BCUT2D eigenvalue weighted by molar-refractivity contribution is 7.99. The fraction of sp³-hybridized carbons (Fsp3) is 0.333. The number of hydrogen-bond acceptors (Lipinski definition) is 8. The molecule has 0 saturated carbocycles. The summed E-state index contributed by atoms with van der Waals surface area (Å²) in [5, 5.41) is 12.7. The molecular formula is C24H26N4O4S2. The van der Waals surface area contributed by atoms with Gasteiger partial charge in [-0.25, -0.2) is 4.79 Å². The first-order valence-corrected chi connectivity index (χ1v) is 12.8. The van der Waals surface area contributed by atoms with Crippen LogP contribution >= 0.6 is 23.1 Å². The van der Waals surface area contributed by atoms with Gasteiger partial charge in [0.25, 0.3) is 0 Å². The number of rotatable bonds is 11. The Balaban J connectivity index is 1.34. The minimum atomic E-state index is -0.396. The first-order valence-electron chi connectivity index (χ1n) is 11.0. The summed E-state index contributed by atoms with van der Waals surface area (Å²) in [6.45, 7) is 4.64. The van der Waals surface area contributed by atoms with E-state index < -0.39 is 5.97 Å². The van der Waals surface area contributed by atoms with Crippen LogP contribution in [0.5, 0.6) is 5.75 Å². The van der Waals surface area contributed by atoms with Gasteiger partial charge in [0.1, 0.15) is 17.4 Å². The number of methoxy groups -OCH3 is 1. The highest BCUT2D eigenvalue weighted by atomic mass is 32.2. The lowest BCUT2D eigenvalue weighted by Gasteiger charge is -2.09. The van der Waals surface area contributed by atoms with Crippen molar-refractivity contribution < 1.29 is 19.1 Å². The molecule has 3 aromatic rings. The number of hydrogen-bond donors (Lipinski definition) is 1. The number of nitrogens with one attached hydrogen (secondary N) is 1. The third-order valence-corrected chi connectivity index (χ3v) is 7.52. The maximum absolute atomic E-state index is 12.6. The normalized spacial score (nSPS) is 12.3. The van der Waals surface area contributed by atoms with E-state index in [1.54, 1.807) is 6.08 Å². The molecule has 0 spiro atoms. The van der Waals surface area contributed by atoms with Crippen molar-refractivity contribution in [2.75, 3.05) is 18.2 Å². The quantitative estimate of drug-likeness (QED) is 0.236. The minimum Gasteiger partial charge on any atom is -0.486 e. The van der Waals surface area contributed by atoms with Gasteiger partial charge in [-0.1, -0.05) is 36.0 Å². The summed E-state index contributed by atoms with van der Waals surface area (Å²) in [5.41, 5.74) is 1.53. The van der Waals surface area contributed by atoms with Crippen molar-refractivity contribution in [3.8, 4) is 5.75 Å². The van der Waals surface area contributed by atoms with E-state index in [4.69, 9.17) is 9.47 Å². The predicted octanol–water partition coefficient (Wildman–Crippen LogP) is 4.50. The second kappa shape index (κ2) is 11.3. The van der Waals surface area contributed by atoms with Crippen molar-refractivity contribution in [2.45, 2.75) is 44.0 Å². The van der Waals surface area contributed by atoms with Gasteiger partial charge in [0, 0.05) is 23.6 Å². The summed E-state index contributed by atoms with van der Waals surface area (Å²) >= 11 is 2.92. The van der Waals surface area contributed by atoms with Crippen LogP contribution in [0, 0.1) is 0 Å². The Labute approximate surface area is 206 Å². The van der Waals surface area contributed by atoms with Crippen LogP contribution in [-0.4, -0.2) is 39.5 Å². The van der Waals surface area contributed by atoms with Crippen LogP contribution in [0.25, 0.3) is 0 Å². The van der Waals surface area contributed by atoms with Crippen LogP contribution in [0.1, 0.15) is 39.5 Å². The lowest BCUT2D eigenvalue weighted by atomic mass is 10.1. The predicted molar refractivity (Wildman–Crippen MR) is 133 cm³/mol. The molecule has 2 heterocycles. The number of amides is 1. The molecule has 0 bridgehead atoms. The van der Waals surface area contributed by atoms with Gasteiger partial charge in [-0.05, 0) is 37.0 Å². The van der Waals surface area contributed by atoms with Gasteiger partial charge in [-0.15, -0.1) is 28.1 Å². The number of nitrogens with zero attached hydrogens (tertiary/aromatic N) is 3. The summed E-state index contributed by atoms with van der Waals surface area (Å²) in [5.74, 6) is 1.41. The third-order valence-electron chi connectivity index (χ3n) is 5.34. The topological polar surface area (TPSA) is 95.3 Å². The van der Waals surface area contributed by atoms with E-state index >= 15 is 0 Å². The minimum absolute atomic E-state index is 0.153. The van der Waals surface area contributed by atoms with E-state index in [2.05, 4.69) is 22.1 Å². The van der Waals surface area contributed by atoms with Gasteiger partial charge in [0.05, 0.1) is 12.7 Å². The Morgan fingerprint density at radius 2 is 2.09 bits per heavy atom. The molecular weight excluding hydrogens is 472 g/mol. The van der Waals surface area contributed by atoms with E-state index in [1.807, 2.05) is 34.9 Å². The molecule has 0 aliphatic heterocycles. The molecule has 1 aromatic carbocycles. The standard InChI is InChI=1S/C24H26N4O4S2/c1-3-13-28-19(15-32-16-8-5-4-6-9-16)26-27-24(28)33-14-12-20(29)25-22-21(23(30)31-2)17-10-7-11-18(17)34-22/h3-6,8-9H,1,7,10-15H2,2H3,(H,25,29). The number of para-hydroxylation sites is 1. The average molecular weight is 499 g/mol. The lowest BCUT2D eigenvalue weighted by Crippen LogP contribution is -2.15. The van der Waals surface area contributed by atoms with E-state index in [1.165, 1.54) is 30.2 Å². The Kier molecular flexibility index (Phi) is 8.02. The molecule has 34 heavy (non-hydrogen) atoms. The largest absolute Gasteiger partial charge is 0.486 e. The number of thiophene rings is 1. The number of fused-ring (bicyclic) bond motifs is 1.